The fourth-order valence-corrected chi connectivity index (χ4v) is 1.76. The van der Waals surface area contributed by atoms with Crippen molar-refractivity contribution in [2.24, 2.45) is 0 Å². The zero-order chi connectivity index (χ0) is 11.5. The first kappa shape index (κ1) is 10.9. The molecule has 2 rings (SSSR count). The van der Waals surface area contributed by atoms with Gasteiger partial charge in [-0.3, -0.25) is 4.90 Å². The molecule has 1 saturated heterocycles. The molecule has 1 atom stereocenters. The molecular formula is C11H12FNO3. The first-order valence-electron chi connectivity index (χ1n) is 5.05. The lowest BCUT2D eigenvalue weighted by Crippen LogP contribution is -2.34. The Balaban J connectivity index is 2.30. The average molecular weight is 225 g/mol. The molecule has 1 aromatic rings. The van der Waals surface area contributed by atoms with Gasteiger partial charge in [0.15, 0.2) is 0 Å². The van der Waals surface area contributed by atoms with Gasteiger partial charge in [-0.05, 0) is 18.6 Å². The largest absolute Gasteiger partial charge is 0.447 e. The summed E-state index contributed by atoms with van der Waals surface area (Å²) in [6.07, 6.45) is -0.191. The number of halogens is 1. The van der Waals surface area contributed by atoms with Crippen LogP contribution in [0.2, 0.25) is 0 Å². The molecule has 1 aliphatic heterocycles. The number of amides is 1. The molecule has 0 spiro atoms. The standard InChI is InChI=1S/C11H12FNO3/c12-9-3-1-2-4-10(9)13-8(5-6-14)7-16-11(13)15/h1-4,8,14H,5-7H2. The lowest BCUT2D eigenvalue weighted by atomic mass is 10.2. The summed E-state index contributed by atoms with van der Waals surface area (Å²) in [6.45, 7) is 0.125. The summed E-state index contributed by atoms with van der Waals surface area (Å²) in [5.74, 6) is -0.468. The molecule has 86 valence electrons. The molecule has 0 saturated carbocycles. The van der Waals surface area contributed by atoms with Gasteiger partial charge in [-0.2, -0.15) is 0 Å². The predicted octanol–water partition coefficient (Wildman–Crippen LogP) is 1.53. The second-order valence-corrected chi connectivity index (χ2v) is 3.56. The summed E-state index contributed by atoms with van der Waals surface area (Å²) in [7, 11) is 0. The summed E-state index contributed by atoms with van der Waals surface area (Å²) >= 11 is 0. The molecule has 1 fully saturated rings. The van der Waals surface area contributed by atoms with E-state index in [4.69, 9.17) is 9.84 Å². The average Bonchev–Trinajstić information content (AvgIpc) is 2.62. The van der Waals surface area contributed by atoms with Crippen molar-refractivity contribution in [1.82, 2.24) is 0 Å². The van der Waals surface area contributed by atoms with Crippen molar-refractivity contribution in [3.8, 4) is 0 Å². The van der Waals surface area contributed by atoms with Crippen LogP contribution < -0.4 is 4.90 Å². The van der Waals surface area contributed by atoms with Crippen LogP contribution in [0.4, 0.5) is 14.9 Å². The predicted molar refractivity (Wildman–Crippen MR) is 55.7 cm³/mol. The Morgan fingerprint density at radius 3 is 2.94 bits per heavy atom. The second kappa shape index (κ2) is 4.49. The number of para-hydroxylation sites is 1. The Hall–Kier alpha value is -1.62. The summed E-state index contributed by atoms with van der Waals surface area (Å²) < 4.78 is 18.4. The molecule has 0 aromatic heterocycles. The van der Waals surface area contributed by atoms with Crippen LogP contribution in [0.3, 0.4) is 0 Å². The summed E-state index contributed by atoms with van der Waals surface area (Å²) in [6, 6.07) is 5.72. The maximum Gasteiger partial charge on any atom is 0.414 e. The van der Waals surface area contributed by atoms with Gasteiger partial charge >= 0.3 is 6.09 Å². The molecule has 0 aliphatic carbocycles. The number of carbonyl (C=O) groups is 1. The quantitative estimate of drug-likeness (QED) is 0.848. The topological polar surface area (TPSA) is 49.8 Å². The van der Waals surface area contributed by atoms with Gasteiger partial charge in [-0.15, -0.1) is 0 Å². The molecule has 1 aliphatic rings. The number of ether oxygens (including phenoxy) is 1. The van der Waals surface area contributed by atoms with E-state index in [1.54, 1.807) is 12.1 Å². The van der Waals surface area contributed by atoms with Gasteiger partial charge in [0.25, 0.3) is 0 Å². The maximum absolute atomic E-state index is 13.5. The Labute approximate surface area is 92.2 Å². The van der Waals surface area contributed by atoms with Crippen LogP contribution in [0.25, 0.3) is 0 Å². The summed E-state index contributed by atoms with van der Waals surface area (Å²) in [4.78, 5) is 12.7. The second-order valence-electron chi connectivity index (χ2n) is 3.56. The van der Waals surface area contributed by atoms with Crippen LogP contribution in [0.1, 0.15) is 6.42 Å². The van der Waals surface area contributed by atoms with Crippen LogP contribution in [0.15, 0.2) is 24.3 Å². The van der Waals surface area contributed by atoms with Gasteiger partial charge in [0.1, 0.15) is 12.4 Å². The van der Waals surface area contributed by atoms with E-state index in [0.717, 1.165) is 0 Å². The Bertz CT molecular complexity index is 397. The minimum atomic E-state index is -0.566. The van der Waals surface area contributed by atoms with Crippen molar-refractivity contribution in [3.63, 3.8) is 0 Å². The highest BCUT2D eigenvalue weighted by molar-refractivity contribution is 5.90. The number of nitrogens with zero attached hydrogens (tertiary/aromatic N) is 1. The van der Waals surface area contributed by atoms with Crippen molar-refractivity contribution in [2.75, 3.05) is 18.1 Å². The van der Waals surface area contributed by atoms with E-state index >= 15 is 0 Å². The Morgan fingerprint density at radius 2 is 2.25 bits per heavy atom. The molecule has 0 radical (unpaired) electrons. The first-order chi connectivity index (χ1) is 7.74. The highest BCUT2D eigenvalue weighted by Crippen LogP contribution is 2.26. The third-order valence-corrected chi connectivity index (χ3v) is 2.54. The van der Waals surface area contributed by atoms with E-state index in [-0.39, 0.29) is 24.9 Å². The van der Waals surface area contributed by atoms with E-state index in [1.807, 2.05) is 0 Å². The highest BCUT2D eigenvalue weighted by Gasteiger charge is 2.34. The van der Waals surface area contributed by atoms with Gasteiger partial charge < -0.3 is 9.84 Å². The van der Waals surface area contributed by atoms with Crippen molar-refractivity contribution >= 4 is 11.8 Å². The summed E-state index contributed by atoms with van der Waals surface area (Å²) in [5.41, 5.74) is 0.198. The lowest BCUT2D eigenvalue weighted by molar-refractivity contribution is 0.176. The van der Waals surface area contributed by atoms with E-state index in [0.29, 0.717) is 6.42 Å². The smallest absolute Gasteiger partial charge is 0.414 e. The number of cyclic esters (lactones) is 1. The third kappa shape index (κ3) is 1.86. The van der Waals surface area contributed by atoms with Gasteiger partial charge in [0.2, 0.25) is 0 Å². The Kier molecular flexibility index (Phi) is 3.05. The monoisotopic (exact) mass is 225 g/mol. The molecule has 1 heterocycles. The van der Waals surface area contributed by atoms with Crippen LogP contribution >= 0.6 is 0 Å². The molecule has 0 bridgehead atoms. The van der Waals surface area contributed by atoms with Crippen molar-refractivity contribution in [2.45, 2.75) is 12.5 Å². The minimum absolute atomic E-state index is 0.0632. The van der Waals surface area contributed by atoms with Crippen molar-refractivity contribution < 1.29 is 19.0 Å². The minimum Gasteiger partial charge on any atom is -0.447 e. The zero-order valence-corrected chi connectivity index (χ0v) is 8.60. The van der Waals surface area contributed by atoms with E-state index in [2.05, 4.69) is 0 Å². The maximum atomic E-state index is 13.5. The number of hydrogen-bond acceptors (Lipinski definition) is 3. The van der Waals surface area contributed by atoms with Gasteiger partial charge in [0.05, 0.1) is 11.7 Å². The first-order valence-corrected chi connectivity index (χ1v) is 5.05. The molecule has 1 amide bonds. The fourth-order valence-electron chi connectivity index (χ4n) is 1.76. The number of anilines is 1. The number of hydrogen-bond donors (Lipinski definition) is 1. The molecule has 1 unspecified atom stereocenters. The van der Waals surface area contributed by atoms with E-state index in [1.165, 1.54) is 17.0 Å². The molecule has 16 heavy (non-hydrogen) atoms. The number of carbonyl (C=O) groups excluding carboxylic acids is 1. The van der Waals surface area contributed by atoms with Crippen LogP contribution in [0, 0.1) is 5.82 Å². The van der Waals surface area contributed by atoms with Crippen LogP contribution in [-0.4, -0.2) is 30.5 Å². The molecular weight excluding hydrogens is 213 g/mol. The lowest BCUT2D eigenvalue weighted by Gasteiger charge is -2.20. The molecule has 1 aromatic carbocycles. The molecule has 4 nitrogen and oxygen atoms in total. The van der Waals surface area contributed by atoms with Crippen molar-refractivity contribution in [1.29, 1.82) is 0 Å². The van der Waals surface area contributed by atoms with Crippen molar-refractivity contribution in [3.05, 3.63) is 30.1 Å². The normalized spacial score (nSPS) is 20.0. The Morgan fingerprint density at radius 1 is 1.50 bits per heavy atom. The van der Waals surface area contributed by atoms with Crippen LogP contribution in [0.5, 0.6) is 0 Å². The highest BCUT2D eigenvalue weighted by atomic mass is 19.1. The fraction of sp³-hybridized carbons (Fsp3) is 0.364. The van der Waals surface area contributed by atoms with Gasteiger partial charge in [-0.1, -0.05) is 12.1 Å². The number of benzene rings is 1. The van der Waals surface area contributed by atoms with Gasteiger partial charge in [-0.25, -0.2) is 9.18 Å². The number of aliphatic hydroxyl groups excluding tert-OH is 1. The SMILES string of the molecule is O=C1OCC(CCO)N1c1ccccc1F. The molecule has 1 N–H and O–H groups in total. The number of rotatable bonds is 3. The van der Waals surface area contributed by atoms with Gasteiger partial charge in [0, 0.05) is 6.61 Å². The van der Waals surface area contributed by atoms with E-state index in [9.17, 15) is 9.18 Å². The summed E-state index contributed by atoms with van der Waals surface area (Å²) in [5, 5.41) is 8.86. The third-order valence-electron chi connectivity index (χ3n) is 2.54. The zero-order valence-electron chi connectivity index (χ0n) is 8.60. The van der Waals surface area contributed by atoms with E-state index < -0.39 is 11.9 Å². The van der Waals surface area contributed by atoms with Crippen LogP contribution in [-0.2, 0) is 4.74 Å². The molecule has 5 heteroatoms. The number of aliphatic hydroxyl groups is 1.